The lowest BCUT2D eigenvalue weighted by Crippen LogP contribution is -2.21. The van der Waals surface area contributed by atoms with E-state index in [1.807, 2.05) is 0 Å². The molecule has 0 spiro atoms. The zero-order valence-electron chi connectivity index (χ0n) is 13.5. The van der Waals surface area contributed by atoms with Crippen LogP contribution in [0.4, 0.5) is 5.69 Å². The van der Waals surface area contributed by atoms with Crippen LogP contribution in [0.1, 0.15) is 10.4 Å². The average molecular weight is 384 g/mol. The fourth-order valence-electron chi connectivity index (χ4n) is 2.01. The van der Waals surface area contributed by atoms with E-state index in [-0.39, 0.29) is 15.6 Å². The molecular formula is C17H15Cl2NO5. The summed E-state index contributed by atoms with van der Waals surface area (Å²) in [5.74, 6) is -0.317. The van der Waals surface area contributed by atoms with E-state index >= 15 is 0 Å². The fraction of sp³-hybridized carbons (Fsp3) is 0.176. The molecule has 8 heteroatoms. The summed E-state index contributed by atoms with van der Waals surface area (Å²) in [4.78, 5) is 24.0. The minimum absolute atomic E-state index is 0.0183. The predicted molar refractivity (Wildman–Crippen MR) is 94.9 cm³/mol. The Hall–Kier alpha value is -2.44. The minimum Gasteiger partial charge on any atom is -0.493 e. The number of carbonyl (C=O) groups excluding carboxylic acids is 2. The van der Waals surface area contributed by atoms with Crippen LogP contribution in [0.5, 0.6) is 11.5 Å². The molecule has 0 saturated carbocycles. The van der Waals surface area contributed by atoms with Crippen LogP contribution in [0.2, 0.25) is 10.0 Å². The number of halogens is 2. The van der Waals surface area contributed by atoms with Crippen molar-refractivity contribution in [2.24, 2.45) is 0 Å². The molecule has 2 rings (SSSR count). The van der Waals surface area contributed by atoms with E-state index in [2.05, 4.69) is 5.32 Å². The summed E-state index contributed by atoms with van der Waals surface area (Å²) >= 11 is 11.8. The van der Waals surface area contributed by atoms with Gasteiger partial charge >= 0.3 is 5.97 Å². The molecule has 0 heterocycles. The van der Waals surface area contributed by atoms with E-state index in [1.165, 1.54) is 26.4 Å². The van der Waals surface area contributed by atoms with E-state index < -0.39 is 18.5 Å². The number of carbonyl (C=O) groups is 2. The van der Waals surface area contributed by atoms with Crippen LogP contribution in [0, 0.1) is 0 Å². The van der Waals surface area contributed by atoms with Gasteiger partial charge in [0.2, 0.25) is 0 Å². The highest BCUT2D eigenvalue weighted by Crippen LogP contribution is 2.29. The molecule has 25 heavy (non-hydrogen) atoms. The first-order chi connectivity index (χ1) is 12.0. The lowest BCUT2D eigenvalue weighted by atomic mass is 10.2. The SMILES string of the molecule is COc1ccc(NC(=O)COC(=O)c2c(Cl)cccc2Cl)cc1OC. The van der Waals surface area contributed by atoms with Gasteiger partial charge in [0, 0.05) is 11.8 Å². The molecule has 132 valence electrons. The number of nitrogens with one attached hydrogen (secondary N) is 1. The van der Waals surface area contributed by atoms with E-state index in [1.54, 1.807) is 24.3 Å². The lowest BCUT2D eigenvalue weighted by molar-refractivity contribution is -0.119. The summed E-state index contributed by atoms with van der Waals surface area (Å²) < 4.78 is 15.2. The van der Waals surface area contributed by atoms with Crippen molar-refractivity contribution in [3.05, 3.63) is 52.0 Å². The van der Waals surface area contributed by atoms with E-state index in [0.29, 0.717) is 17.2 Å². The van der Waals surface area contributed by atoms with Gasteiger partial charge in [-0.05, 0) is 24.3 Å². The Morgan fingerprint density at radius 1 is 1.00 bits per heavy atom. The third-order valence-corrected chi connectivity index (χ3v) is 3.80. The molecular weight excluding hydrogens is 369 g/mol. The highest BCUT2D eigenvalue weighted by molar-refractivity contribution is 6.39. The van der Waals surface area contributed by atoms with Crippen molar-refractivity contribution in [3.8, 4) is 11.5 Å². The van der Waals surface area contributed by atoms with Crippen molar-refractivity contribution < 1.29 is 23.8 Å². The lowest BCUT2D eigenvalue weighted by Gasteiger charge is -2.11. The largest absolute Gasteiger partial charge is 0.493 e. The maximum Gasteiger partial charge on any atom is 0.341 e. The van der Waals surface area contributed by atoms with Crippen LogP contribution >= 0.6 is 23.2 Å². The van der Waals surface area contributed by atoms with Crippen LogP contribution in [0.3, 0.4) is 0 Å². The number of amides is 1. The van der Waals surface area contributed by atoms with Crippen LogP contribution in [0.25, 0.3) is 0 Å². The summed E-state index contributed by atoms with van der Waals surface area (Å²) in [7, 11) is 2.99. The average Bonchev–Trinajstić information content (AvgIpc) is 2.59. The normalized spacial score (nSPS) is 10.1. The second-order valence-corrected chi connectivity index (χ2v) is 5.61. The molecule has 1 amide bonds. The van der Waals surface area contributed by atoms with Crippen molar-refractivity contribution in [1.82, 2.24) is 0 Å². The molecule has 6 nitrogen and oxygen atoms in total. The van der Waals surface area contributed by atoms with Gasteiger partial charge in [-0.25, -0.2) is 4.79 Å². The van der Waals surface area contributed by atoms with Gasteiger partial charge in [0.15, 0.2) is 18.1 Å². The quantitative estimate of drug-likeness (QED) is 0.767. The zero-order valence-corrected chi connectivity index (χ0v) is 15.0. The summed E-state index contributed by atoms with van der Waals surface area (Å²) in [5.41, 5.74) is 0.485. The van der Waals surface area contributed by atoms with Crippen molar-refractivity contribution in [3.63, 3.8) is 0 Å². The number of hydrogen-bond acceptors (Lipinski definition) is 5. The molecule has 0 fully saturated rings. The summed E-state index contributed by atoms with van der Waals surface area (Å²) in [6.45, 7) is -0.491. The number of benzene rings is 2. The molecule has 0 unspecified atom stereocenters. The second-order valence-electron chi connectivity index (χ2n) is 4.79. The Kier molecular flexibility index (Phi) is 6.50. The molecule has 0 aliphatic heterocycles. The van der Waals surface area contributed by atoms with E-state index in [0.717, 1.165) is 0 Å². The first-order valence-corrected chi connectivity index (χ1v) is 7.85. The highest BCUT2D eigenvalue weighted by atomic mass is 35.5. The van der Waals surface area contributed by atoms with Gasteiger partial charge in [-0.1, -0.05) is 29.3 Å². The molecule has 1 N–H and O–H groups in total. The van der Waals surface area contributed by atoms with Gasteiger partial charge in [-0.3, -0.25) is 4.79 Å². The van der Waals surface area contributed by atoms with Gasteiger partial charge in [0.25, 0.3) is 5.91 Å². The third-order valence-electron chi connectivity index (χ3n) is 3.17. The second kappa shape index (κ2) is 8.60. The monoisotopic (exact) mass is 383 g/mol. The first-order valence-electron chi connectivity index (χ1n) is 7.09. The van der Waals surface area contributed by atoms with E-state index in [4.69, 9.17) is 37.4 Å². The predicted octanol–water partition coefficient (Wildman–Crippen LogP) is 3.81. The summed E-state index contributed by atoms with van der Waals surface area (Å²) in [5, 5.41) is 2.89. The number of methoxy groups -OCH3 is 2. The standard InChI is InChI=1S/C17H15Cl2NO5/c1-23-13-7-6-10(8-14(13)24-2)20-15(21)9-25-17(22)16-11(18)4-3-5-12(16)19/h3-8H,9H2,1-2H3,(H,20,21). The van der Waals surface area contributed by atoms with Gasteiger partial charge in [-0.15, -0.1) is 0 Å². The van der Waals surface area contributed by atoms with Gasteiger partial charge in [0.05, 0.1) is 29.8 Å². The number of anilines is 1. The highest BCUT2D eigenvalue weighted by Gasteiger charge is 2.17. The van der Waals surface area contributed by atoms with Crippen LogP contribution in [-0.4, -0.2) is 32.7 Å². The fourth-order valence-corrected chi connectivity index (χ4v) is 2.56. The Morgan fingerprint density at radius 2 is 1.64 bits per heavy atom. The molecule has 0 atom stereocenters. The topological polar surface area (TPSA) is 73.9 Å². The van der Waals surface area contributed by atoms with Gasteiger partial charge in [0.1, 0.15) is 0 Å². The molecule has 0 aliphatic carbocycles. The summed E-state index contributed by atoms with van der Waals surface area (Å²) in [6, 6.07) is 9.48. The minimum atomic E-state index is -0.780. The van der Waals surface area contributed by atoms with Gasteiger partial charge < -0.3 is 19.5 Å². The van der Waals surface area contributed by atoms with Crippen molar-refractivity contribution in [2.75, 3.05) is 26.1 Å². The number of esters is 1. The number of hydrogen-bond donors (Lipinski definition) is 1. The van der Waals surface area contributed by atoms with Gasteiger partial charge in [-0.2, -0.15) is 0 Å². The molecule has 2 aromatic carbocycles. The number of rotatable bonds is 6. The zero-order chi connectivity index (χ0) is 18.4. The maximum absolute atomic E-state index is 12.0. The molecule has 0 saturated heterocycles. The van der Waals surface area contributed by atoms with Crippen molar-refractivity contribution >= 4 is 40.8 Å². The molecule has 0 aromatic heterocycles. The molecule has 0 bridgehead atoms. The molecule has 0 aliphatic rings. The van der Waals surface area contributed by atoms with Crippen LogP contribution in [0.15, 0.2) is 36.4 Å². The Labute approximate surface area is 154 Å². The molecule has 2 aromatic rings. The Bertz CT molecular complexity index is 774. The maximum atomic E-state index is 12.0. The Morgan fingerprint density at radius 3 is 2.24 bits per heavy atom. The van der Waals surface area contributed by atoms with Crippen LogP contribution < -0.4 is 14.8 Å². The summed E-state index contributed by atoms with van der Waals surface area (Å²) in [6.07, 6.45) is 0. The van der Waals surface area contributed by atoms with Crippen molar-refractivity contribution in [2.45, 2.75) is 0 Å². The third kappa shape index (κ3) is 4.78. The smallest absolute Gasteiger partial charge is 0.341 e. The van der Waals surface area contributed by atoms with Crippen molar-refractivity contribution in [1.29, 1.82) is 0 Å². The number of ether oxygens (including phenoxy) is 3. The van der Waals surface area contributed by atoms with E-state index in [9.17, 15) is 9.59 Å². The Balaban J connectivity index is 1.98. The molecule has 0 radical (unpaired) electrons. The first kappa shape index (κ1) is 18.9. The van der Waals surface area contributed by atoms with Crippen LogP contribution in [-0.2, 0) is 9.53 Å².